The lowest BCUT2D eigenvalue weighted by Gasteiger charge is -2.58. The van der Waals surface area contributed by atoms with E-state index >= 15 is 0 Å². The lowest BCUT2D eigenvalue weighted by molar-refractivity contribution is -0.122. The van der Waals surface area contributed by atoms with Crippen LogP contribution in [0.3, 0.4) is 0 Å². The van der Waals surface area contributed by atoms with Crippen molar-refractivity contribution in [3.05, 3.63) is 28.8 Å². The molecule has 0 amide bonds. The average molecular weight is 307 g/mol. The van der Waals surface area contributed by atoms with Crippen LogP contribution in [0.5, 0.6) is 5.75 Å². The van der Waals surface area contributed by atoms with Crippen molar-refractivity contribution in [3.63, 3.8) is 0 Å². The topological polar surface area (TPSA) is 29.5 Å². The zero-order chi connectivity index (χ0) is 14.6. The highest BCUT2D eigenvalue weighted by atomic mass is 35.5. The van der Waals surface area contributed by atoms with Crippen molar-refractivity contribution in [2.45, 2.75) is 44.6 Å². The van der Waals surface area contributed by atoms with Crippen molar-refractivity contribution in [2.75, 3.05) is 7.11 Å². The van der Waals surface area contributed by atoms with Crippen LogP contribution >= 0.6 is 11.6 Å². The summed E-state index contributed by atoms with van der Waals surface area (Å²) in [7, 11) is 1.64. The predicted octanol–water partition coefficient (Wildman–Crippen LogP) is 4.60. The number of hydrogen-bond acceptors (Lipinski definition) is 2. The van der Waals surface area contributed by atoms with Crippen LogP contribution in [-0.4, -0.2) is 12.2 Å². The molecule has 4 fully saturated rings. The van der Waals surface area contributed by atoms with E-state index < -0.39 is 6.10 Å². The Labute approximate surface area is 131 Å². The van der Waals surface area contributed by atoms with E-state index in [4.69, 9.17) is 16.3 Å². The molecule has 3 heteroatoms. The first-order valence-electron chi connectivity index (χ1n) is 8.11. The third-order valence-electron chi connectivity index (χ3n) is 6.17. The van der Waals surface area contributed by atoms with Gasteiger partial charge in [-0.15, -0.1) is 0 Å². The smallest absolute Gasteiger partial charge is 0.120 e. The molecule has 0 aliphatic heterocycles. The molecule has 0 heterocycles. The second kappa shape index (κ2) is 4.89. The monoisotopic (exact) mass is 306 g/mol. The van der Waals surface area contributed by atoms with E-state index in [-0.39, 0.29) is 5.41 Å². The first-order chi connectivity index (χ1) is 10.1. The van der Waals surface area contributed by atoms with Crippen molar-refractivity contribution in [1.29, 1.82) is 0 Å². The molecule has 1 N–H and O–H groups in total. The third-order valence-corrected chi connectivity index (χ3v) is 6.50. The molecule has 4 aliphatic carbocycles. The average Bonchev–Trinajstić information content (AvgIpc) is 2.45. The van der Waals surface area contributed by atoms with E-state index in [0.29, 0.717) is 5.02 Å². The number of aliphatic hydroxyl groups is 1. The van der Waals surface area contributed by atoms with Gasteiger partial charge in [0.25, 0.3) is 0 Å². The second-order valence-corrected chi connectivity index (χ2v) is 7.98. The van der Waals surface area contributed by atoms with Gasteiger partial charge in [-0.25, -0.2) is 0 Å². The summed E-state index contributed by atoms with van der Waals surface area (Å²) in [4.78, 5) is 0. The molecule has 0 aromatic heterocycles. The van der Waals surface area contributed by atoms with Gasteiger partial charge in [-0.2, -0.15) is 0 Å². The van der Waals surface area contributed by atoms with E-state index in [1.54, 1.807) is 7.11 Å². The molecular weight excluding hydrogens is 284 g/mol. The summed E-state index contributed by atoms with van der Waals surface area (Å²) < 4.78 is 5.21. The molecule has 1 aromatic rings. The Morgan fingerprint density at radius 1 is 1.14 bits per heavy atom. The van der Waals surface area contributed by atoms with Gasteiger partial charge in [-0.05, 0) is 74.0 Å². The first kappa shape index (κ1) is 13.9. The zero-order valence-corrected chi connectivity index (χ0v) is 13.3. The minimum Gasteiger partial charge on any atom is -0.497 e. The van der Waals surface area contributed by atoms with Crippen LogP contribution in [0.25, 0.3) is 0 Å². The van der Waals surface area contributed by atoms with Gasteiger partial charge >= 0.3 is 0 Å². The fraction of sp³-hybridized carbons (Fsp3) is 0.667. The number of halogens is 1. The minimum absolute atomic E-state index is 0.0764. The third kappa shape index (κ3) is 2.19. The lowest BCUT2D eigenvalue weighted by Crippen LogP contribution is -2.48. The number of ether oxygens (including phenoxy) is 1. The SMILES string of the molecule is COc1ccc(C(O)C23CC4CC(CC(C4)C2)C3)c(Cl)c1. The van der Waals surface area contributed by atoms with Crippen LogP contribution in [0, 0.1) is 23.2 Å². The summed E-state index contributed by atoms with van der Waals surface area (Å²) in [6, 6.07) is 5.68. The maximum absolute atomic E-state index is 11.1. The summed E-state index contributed by atoms with van der Waals surface area (Å²) >= 11 is 6.40. The van der Waals surface area contributed by atoms with E-state index in [2.05, 4.69) is 0 Å². The van der Waals surface area contributed by atoms with E-state index in [1.807, 2.05) is 18.2 Å². The van der Waals surface area contributed by atoms with E-state index in [0.717, 1.165) is 29.1 Å². The highest BCUT2D eigenvalue weighted by molar-refractivity contribution is 6.31. The van der Waals surface area contributed by atoms with Gasteiger partial charge in [-0.3, -0.25) is 0 Å². The van der Waals surface area contributed by atoms with Crippen molar-refractivity contribution in [3.8, 4) is 5.75 Å². The van der Waals surface area contributed by atoms with Gasteiger partial charge in [0.15, 0.2) is 0 Å². The Morgan fingerprint density at radius 2 is 1.71 bits per heavy atom. The van der Waals surface area contributed by atoms with E-state index in [1.165, 1.54) is 38.5 Å². The number of benzene rings is 1. The Hall–Kier alpha value is -0.730. The molecule has 1 aromatic carbocycles. The molecule has 0 saturated heterocycles. The maximum atomic E-state index is 11.1. The maximum Gasteiger partial charge on any atom is 0.120 e. The summed E-state index contributed by atoms with van der Waals surface area (Å²) in [5, 5.41) is 11.7. The van der Waals surface area contributed by atoms with Crippen LogP contribution in [0.2, 0.25) is 5.02 Å². The van der Waals surface area contributed by atoms with Crippen LogP contribution < -0.4 is 4.74 Å². The molecule has 1 unspecified atom stereocenters. The minimum atomic E-state index is -0.427. The van der Waals surface area contributed by atoms with Gasteiger partial charge in [-0.1, -0.05) is 17.7 Å². The summed E-state index contributed by atoms with van der Waals surface area (Å²) in [5.74, 6) is 3.26. The number of methoxy groups -OCH3 is 1. The standard InChI is InChI=1S/C18H23ClO2/c1-21-14-2-3-15(16(19)7-14)17(20)18-8-11-4-12(9-18)6-13(5-11)10-18/h2-3,7,11-13,17,20H,4-6,8-10H2,1H3. The number of aliphatic hydroxyl groups excluding tert-OH is 1. The second-order valence-electron chi connectivity index (χ2n) is 7.57. The molecule has 5 rings (SSSR count). The molecular formula is C18H23ClO2. The first-order valence-corrected chi connectivity index (χ1v) is 8.49. The predicted molar refractivity (Wildman–Crippen MR) is 83.6 cm³/mol. The Morgan fingerprint density at radius 3 is 2.19 bits per heavy atom. The van der Waals surface area contributed by atoms with Crippen LogP contribution in [0.1, 0.15) is 50.2 Å². The molecule has 21 heavy (non-hydrogen) atoms. The van der Waals surface area contributed by atoms with Crippen LogP contribution in [0.4, 0.5) is 0 Å². The largest absolute Gasteiger partial charge is 0.497 e. The normalized spacial score (nSPS) is 38.5. The number of rotatable bonds is 3. The van der Waals surface area contributed by atoms with Crippen LogP contribution in [-0.2, 0) is 0 Å². The molecule has 114 valence electrons. The van der Waals surface area contributed by atoms with Gasteiger partial charge < -0.3 is 9.84 Å². The van der Waals surface area contributed by atoms with E-state index in [9.17, 15) is 5.11 Å². The lowest BCUT2D eigenvalue weighted by atomic mass is 9.47. The Bertz CT molecular complexity index is 519. The van der Waals surface area contributed by atoms with Gasteiger partial charge in [0.1, 0.15) is 5.75 Å². The molecule has 2 nitrogen and oxygen atoms in total. The van der Waals surface area contributed by atoms with Crippen molar-refractivity contribution >= 4 is 11.6 Å². The Kier molecular flexibility index (Phi) is 3.24. The summed E-state index contributed by atoms with van der Waals surface area (Å²) in [5.41, 5.74) is 0.965. The quantitative estimate of drug-likeness (QED) is 0.884. The molecule has 4 saturated carbocycles. The van der Waals surface area contributed by atoms with Gasteiger partial charge in [0, 0.05) is 5.41 Å². The van der Waals surface area contributed by atoms with Crippen molar-refractivity contribution < 1.29 is 9.84 Å². The molecule has 4 aliphatic rings. The summed E-state index contributed by atoms with van der Waals surface area (Å²) in [6.45, 7) is 0. The molecule has 1 atom stereocenters. The van der Waals surface area contributed by atoms with Crippen LogP contribution in [0.15, 0.2) is 18.2 Å². The molecule has 0 radical (unpaired) electrons. The fourth-order valence-corrected chi connectivity index (χ4v) is 5.97. The molecule has 4 bridgehead atoms. The highest BCUT2D eigenvalue weighted by Gasteiger charge is 2.54. The fourth-order valence-electron chi connectivity index (χ4n) is 5.70. The zero-order valence-electron chi connectivity index (χ0n) is 12.5. The van der Waals surface area contributed by atoms with Crippen molar-refractivity contribution in [1.82, 2.24) is 0 Å². The summed E-state index contributed by atoms with van der Waals surface area (Å²) in [6.07, 6.45) is 7.30. The van der Waals surface area contributed by atoms with Crippen molar-refractivity contribution in [2.24, 2.45) is 23.2 Å². The molecule has 0 spiro atoms. The highest BCUT2D eigenvalue weighted by Crippen LogP contribution is 2.64. The Balaban J connectivity index is 1.66. The van der Waals surface area contributed by atoms with Gasteiger partial charge in [0.05, 0.1) is 18.2 Å². The number of hydrogen-bond donors (Lipinski definition) is 1. The van der Waals surface area contributed by atoms with Gasteiger partial charge in [0.2, 0.25) is 0 Å².